The molecule has 1 aromatic heterocycles. The zero-order chi connectivity index (χ0) is 22.5. The van der Waals surface area contributed by atoms with Gasteiger partial charge in [0.15, 0.2) is 0 Å². The number of aryl methyl sites for hydroxylation is 2. The van der Waals surface area contributed by atoms with E-state index in [1.807, 2.05) is 56.3 Å². The van der Waals surface area contributed by atoms with Crippen LogP contribution in [0.3, 0.4) is 0 Å². The molecule has 0 saturated heterocycles. The second-order valence-corrected chi connectivity index (χ2v) is 7.98. The van der Waals surface area contributed by atoms with Gasteiger partial charge in [-0.05, 0) is 41.7 Å². The van der Waals surface area contributed by atoms with Gasteiger partial charge in [-0.15, -0.1) is 10.2 Å². The molecular weight excluding hydrogens is 392 g/mol. The Morgan fingerprint density at radius 1 is 1.06 bits per heavy atom. The van der Waals surface area contributed by atoms with Crippen LogP contribution in [-0.2, 0) is 16.1 Å². The monoisotopic (exact) mass is 420 g/mol. The highest BCUT2D eigenvalue weighted by Gasteiger charge is 2.17. The molecule has 8 nitrogen and oxygen atoms in total. The molecule has 3 aromatic rings. The highest BCUT2D eigenvalue weighted by atomic mass is 16.2. The molecule has 1 heterocycles. The molecule has 0 aliphatic rings. The lowest BCUT2D eigenvalue weighted by Crippen LogP contribution is -2.37. The first-order valence-electron chi connectivity index (χ1n) is 10.2. The summed E-state index contributed by atoms with van der Waals surface area (Å²) in [4.78, 5) is 27.5. The summed E-state index contributed by atoms with van der Waals surface area (Å²) in [6.07, 6.45) is 0. The van der Waals surface area contributed by atoms with Crippen LogP contribution >= 0.6 is 0 Å². The Labute approximate surface area is 182 Å². The number of anilines is 1. The third-order valence-electron chi connectivity index (χ3n) is 5.12. The van der Waals surface area contributed by atoms with Gasteiger partial charge in [0, 0.05) is 18.3 Å². The molecule has 2 aromatic carbocycles. The highest BCUT2D eigenvalue weighted by molar-refractivity contribution is 5.95. The van der Waals surface area contributed by atoms with Crippen LogP contribution < -0.4 is 5.32 Å². The Bertz CT molecular complexity index is 1050. The van der Waals surface area contributed by atoms with Gasteiger partial charge in [0.05, 0.1) is 6.54 Å². The predicted octanol–water partition coefficient (Wildman–Crippen LogP) is 3.18. The largest absolute Gasteiger partial charge is 0.335 e. The number of aromatic nitrogens is 4. The first kappa shape index (κ1) is 22.1. The van der Waals surface area contributed by atoms with E-state index in [0.717, 1.165) is 22.4 Å². The van der Waals surface area contributed by atoms with E-state index in [-0.39, 0.29) is 24.9 Å². The molecule has 0 bridgehead atoms. The first-order chi connectivity index (χ1) is 14.7. The minimum absolute atomic E-state index is 0.0647. The molecule has 162 valence electrons. The SMILES string of the molecule is Cc1cccc(C)c1NC(=O)CN(C)C(=O)Cn1nnc(-c2ccc(C(C)C)cc2)n1. The minimum atomic E-state index is -0.282. The van der Waals surface area contributed by atoms with Crippen molar-refractivity contribution in [2.75, 3.05) is 18.9 Å². The second-order valence-electron chi connectivity index (χ2n) is 7.98. The number of hydrogen-bond donors (Lipinski definition) is 1. The Kier molecular flexibility index (Phi) is 6.79. The Morgan fingerprint density at radius 2 is 1.71 bits per heavy atom. The fourth-order valence-electron chi connectivity index (χ4n) is 3.18. The number of rotatable bonds is 7. The fourth-order valence-corrected chi connectivity index (χ4v) is 3.18. The molecule has 3 rings (SSSR count). The van der Waals surface area contributed by atoms with E-state index in [9.17, 15) is 9.59 Å². The van der Waals surface area contributed by atoms with Crippen molar-refractivity contribution in [1.82, 2.24) is 25.1 Å². The minimum Gasteiger partial charge on any atom is -0.335 e. The normalized spacial score (nSPS) is 10.9. The lowest BCUT2D eigenvalue weighted by atomic mass is 10.0. The Balaban J connectivity index is 1.58. The van der Waals surface area contributed by atoms with E-state index in [1.54, 1.807) is 7.05 Å². The summed E-state index contributed by atoms with van der Waals surface area (Å²) in [5, 5.41) is 15.2. The van der Waals surface area contributed by atoms with E-state index in [2.05, 4.69) is 34.6 Å². The molecule has 0 atom stereocenters. The van der Waals surface area contributed by atoms with Crippen molar-refractivity contribution in [1.29, 1.82) is 0 Å². The summed E-state index contributed by atoms with van der Waals surface area (Å²) in [6, 6.07) is 13.8. The molecule has 0 unspecified atom stereocenters. The van der Waals surface area contributed by atoms with Crippen LogP contribution in [0, 0.1) is 13.8 Å². The number of likely N-dealkylation sites (N-methyl/N-ethyl adjacent to an activating group) is 1. The molecule has 2 amide bonds. The average molecular weight is 421 g/mol. The van der Waals surface area contributed by atoms with Gasteiger partial charge >= 0.3 is 0 Å². The van der Waals surface area contributed by atoms with Crippen molar-refractivity contribution in [3.05, 3.63) is 59.2 Å². The van der Waals surface area contributed by atoms with Gasteiger partial charge in [-0.2, -0.15) is 4.80 Å². The highest BCUT2D eigenvalue weighted by Crippen LogP contribution is 2.20. The van der Waals surface area contributed by atoms with E-state index >= 15 is 0 Å². The number of carbonyl (C=O) groups is 2. The number of nitrogens with one attached hydrogen (secondary N) is 1. The van der Waals surface area contributed by atoms with Gasteiger partial charge in [-0.3, -0.25) is 9.59 Å². The maximum atomic E-state index is 12.5. The maximum Gasteiger partial charge on any atom is 0.246 e. The molecule has 0 radical (unpaired) electrons. The smallest absolute Gasteiger partial charge is 0.246 e. The number of para-hydroxylation sites is 1. The summed E-state index contributed by atoms with van der Waals surface area (Å²) < 4.78 is 0. The van der Waals surface area contributed by atoms with Gasteiger partial charge in [0.1, 0.15) is 6.54 Å². The number of nitrogens with zero attached hydrogens (tertiary/aromatic N) is 5. The molecule has 8 heteroatoms. The Morgan fingerprint density at radius 3 is 2.32 bits per heavy atom. The van der Waals surface area contributed by atoms with Crippen LogP contribution in [0.2, 0.25) is 0 Å². The lowest BCUT2D eigenvalue weighted by molar-refractivity contribution is -0.134. The van der Waals surface area contributed by atoms with Crippen molar-refractivity contribution in [3.63, 3.8) is 0 Å². The van der Waals surface area contributed by atoms with E-state index in [4.69, 9.17) is 0 Å². The van der Waals surface area contributed by atoms with E-state index < -0.39 is 0 Å². The van der Waals surface area contributed by atoms with Crippen molar-refractivity contribution in [2.45, 2.75) is 40.2 Å². The zero-order valence-electron chi connectivity index (χ0n) is 18.6. The summed E-state index contributed by atoms with van der Waals surface area (Å²) in [7, 11) is 1.58. The zero-order valence-corrected chi connectivity index (χ0v) is 18.6. The standard InChI is InChI=1S/C23H28N6O2/c1-15(2)18-9-11-19(12-10-18)23-25-27-29(26-23)14-21(31)28(5)13-20(30)24-22-16(3)7-6-8-17(22)4/h6-12,15H,13-14H2,1-5H3,(H,24,30). The second kappa shape index (κ2) is 9.51. The lowest BCUT2D eigenvalue weighted by Gasteiger charge is -2.17. The number of amides is 2. The quantitative estimate of drug-likeness (QED) is 0.634. The molecule has 0 aliphatic carbocycles. The molecule has 0 spiro atoms. The van der Waals surface area contributed by atoms with Gasteiger partial charge < -0.3 is 10.2 Å². The third-order valence-corrected chi connectivity index (χ3v) is 5.12. The van der Waals surface area contributed by atoms with Gasteiger partial charge in [0.25, 0.3) is 0 Å². The van der Waals surface area contributed by atoms with E-state index in [1.165, 1.54) is 15.3 Å². The molecule has 0 aliphatic heterocycles. The van der Waals surface area contributed by atoms with Gasteiger partial charge in [-0.1, -0.05) is 56.3 Å². The van der Waals surface area contributed by atoms with Crippen molar-refractivity contribution in [2.24, 2.45) is 0 Å². The summed E-state index contributed by atoms with van der Waals surface area (Å²) in [6.45, 7) is 7.97. The van der Waals surface area contributed by atoms with Crippen LogP contribution in [-0.4, -0.2) is 50.5 Å². The first-order valence-corrected chi connectivity index (χ1v) is 10.2. The summed E-state index contributed by atoms with van der Waals surface area (Å²) >= 11 is 0. The number of benzene rings is 2. The van der Waals surface area contributed by atoms with Crippen molar-refractivity contribution < 1.29 is 9.59 Å². The number of hydrogen-bond acceptors (Lipinski definition) is 5. The predicted molar refractivity (Wildman–Crippen MR) is 120 cm³/mol. The van der Waals surface area contributed by atoms with E-state index in [0.29, 0.717) is 11.7 Å². The van der Waals surface area contributed by atoms with Crippen LogP contribution in [0.1, 0.15) is 36.5 Å². The molecule has 0 saturated carbocycles. The summed E-state index contributed by atoms with van der Waals surface area (Å²) in [5.74, 6) is 0.359. The maximum absolute atomic E-state index is 12.5. The molecular formula is C23H28N6O2. The van der Waals surface area contributed by atoms with Crippen molar-refractivity contribution >= 4 is 17.5 Å². The van der Waals surface area contributed by atoms with Gasteiger partial charge in [-0.25, -0.2) is 0 Å². The third kappa shape index (κ3) is 5.53. The summed E-state index contributed by atoms with van der Waals surface area (Å²) in [5.41, 5.74) is 4.79. The number of tetrazole rings is 1. The van der Waals surface area contributed by atoms with Crippen LogP contribution in [0.5, 0.6) is 0 Å². The topological polar surface area (TPSA) is 93.0 Å². The van der Waals surface area contributed by atoms with Crippen molar-refractivity contribution in [3.8, 4) is 11.4 Å². The van der Waals surface area contributed by atoms with Crippen LogP contribution in [0.4, 0.5) is 5.69 Å². The van der Waals surface area contributed by atoms with Gasteiger partial charge in [0.2, 0.25) is 17.6 Å². The van der Waals surface area contributed by atoms with Crippen LogP contribution in [0.25, 0.3) is 11.4 Å². The van der Waals surface area contributed by atoms with Crippen LogP contribution in [0.15, 0.2) is 42.5 Å². The Hall–Kier alpha value is -3.55. The molecule has 0 fully saturated rings. The number of carbonyl (C=O) groups excluding carboxylic acids is 2. The average Bonchev–Trinajstić information content (AvgIpc) is 3.19. The molecule has 1 N–H and O–H groups in total. The fraction of sp³-hybridized carbons (Fsp3) is 0.348. The molecule has 31 heavy (non-hydrogen) atoms.